The van der Waals surface area contributed by atoms with Crippen LogP contribution in [0.5, 0.6) is 0 Å². The van der Waals surface area contributed by atoms with Crippen molar-refractivity contribution in [2.75, 3.05) is 6.61 Å². The summed E-state index contributed by atoms with van der Waals surface area (Å²) in [4.78, 5) is 25.0. The van der Waals surface area contributed by atoms with E-state index in [0.29, 0.717) is 12.1 Å². The lowest BCUT2D eigenvalue weighted by Crippen LogP contribution is -2.54. The molecule has 0 spiro atoms. The molecule has 2 atom stereocenters. The van der Waals surface area contributed by atoms with Crippen LogP contribution in [0.2, 0.25) is 0 Å². The minimum absolute atomic E-state index is 0.108. The van der Waals surface area contributed by atoms with Gasteiger partial charge < -0.3 is 14.7 Å². The fourth-order valence-electron chi connectivity index (χ4n) is 2.48. The van der Waals surface area contributed by atoms with Crippen molar-refractivity contribution in [2.45, 2.75) is 45.5 Å². The molecular formula is C13H19N3O4. The summed E-state index contributed by atoms with van der Waals surface area (Å²) in [6, 6.07) is -0.753. The third-order valence-electron chi connectivity index (χ3n) is 3.38. The first-order valence-corrected chi connectivity index (χ1v) is 6.63. The van der Waals surface area contributed by atoms with Crippen LogP contribution in [-0.2, 0) is 20.9 Å². The summed E-state index contributed by atoms with van der Waals surface area (Å²) in [5.41, 5.74) is 0.681. The van der Waals surface area contributed by atoms with Crippen LogP contribution in [0, 0.1) is 0 Å². The van der Waals surface area contributed by atoms with E-state index in [9.17, 15) is 14.7 Å². The van der Waals surface area contributed by atoms with Crippen LogP contribution in [0.15, 0.2) is 12.4 Å². The molecule has 1 aromatic rings. The Bertz CT molecular complexity index is 511. The highest BCUT2D eigenvalue weighted by Crippen LogP contribution is 2.31. The van der Waals surface area contributed by atoms with Crippen LogP contribution < -0.4 is 0 Å². The summed E-state index contributed by atoms with van der Waals surface area (Å²) >= 11 is 0. The lowest BCUT2D eigenvalue weighted by Gasteiger charge is -2.41. The maximum absolute atomic E-state index is 12.0. The molecule has 0 bridgehead atoms. The maximum Gasteiger partial charge on any atom is 0.335 e. The Kier molecular flexibility index (Phi) is 4.08. The van der Waals surface area contributed by atoms with E-state index in [1.165, 1.54) is 0 Å². The molecule has 1 fully saturated rings. The molecule has 2 unspecified atom stereocenters. The minimum atomic E-state index is -1.07. The molecule has 1 aliphatic rings. The number of rotatable bonds is 4. The summed E-state index contributed by atoms with van der Waals surface area (Å²) in [5, 5.41) is 13.5. The van der Waals surface area contributed by atoms with E-state index in [1.807, 2.05) is 20.8 Å². The standard InChI is InChI=1S/C13H19N3O4/c1-4-15-6-9(5-14-15)11-12(13(18)19)20-7-10(17)16(11)8(2)3/h5-6,8,11-12H,4,7H2,1-3H3,(H,18,19). The van der Waals surface area contributed by atoms with E-state index in [1.54, 1.807) is 22.0 Å². The number of morpholine rings is 1. The molecule has 0 aromatic carbocycles. The molecule has 0 aliphatic carbocycles. The van der Waals surface area contributed by atoms with Crippen molar-refractivity contribution in [3.63, 3.8) is 0 Å². The van der Waals surface area contributed by atoms with Crippen molar-refractivity contribution in [3.8, 4) is 0 Å². The van der Waals surface area contributed by atoms with E-state index >= 15 is 0 Å². The highest BCUT2D eigenvalue weighted by molar-refractivity contribution is 5.83. The number of aromatic nitrogens is 2. The second kappa shape index (κ2) is 5.62. The zero-order valence-electron chi connectivity index (χ0n) is 11.8. The molecule has 2 rings (SSSR count). The molecule has 0 radical (unpaired) electrons. The van der Waals surface area contributed by atoms with Gasteiger partial charge in [-0.15, -0.1) is 0 Å². The Morgan fingerprint density at radius 2 is 2.30 bits per heavy atom. The molecule has 110 valence electrons. The highest BCUT2D eigenvalue weighted by atomic mass is 16.5. The Hall–Kier alpha value is -1.89. The average Bonchev–Trinajstić information content (AvgIpc) is 2.85. The topological polar surface area (TPSA) is 84.7 Å². The first-order valence-electron chi connectivity index (χ1n) is 6.63. The van der Waals surface area contributed by atoms with Crippen LogP contribution in [0.25, 0.3) is 0 Å². The average molecular weight is 281 g/mol. The second-order valence-electron chi connectivity index (χ2n) is 5.04. The SMILES string of the molecule is CCn1cc(C2C(C(=O)O)OCC(=O)N2C(C)C)cn1. The predicted octanol–water partition coefficient (Wildman–Crippen LogP) is 0.664. The van der Waals surface area contributed by atoms with Crippen LogP contribution in [0.3, 0.4) is 0 Å². The largest absolute Gasteiger partial charge is 0.479 e. The Balaban J connectivity index is 2.42. The molecule has 1 amide bonds. The van der Waals surface area contributed by atoms with Crippen LogP contribution >= 0.6 is 0 Å². The van der Waals surface area contributed by atoms with E-state index in [-0.39, 0.29) is 18.6 Å². The number of aryl methyl sites for hydroxylation is 1. The maximum atomic E-state index is 12.0. The number of carbonyl (C=O) groups excluding carboxylic acids is 1. The van der Waals surface area contributed by atoms with Crippen LogP contribution in [-0.4, -0.2) is 50.4 Å². The van der Waals surface area contributed by atoms with Gasteiger partial charge in [0.2, 0.25) is 5.91 Å². The molecule has 0 saturated carbocycles. The van der Waals surface area contributed by atoms with Gasteiger partial charge in [0.05, 0.1) is 12.2 Å². The number of ether oxygens (including phenoxy) is 1. The minimum Gasteiger partial charge on any atom is -0.479 e. The summed E-state index contributed by atoms with van der Waals surface area (Å²) < 4.78 is 6.91. The van der Waals surface area contributed by atoms with Gasteiger partial charge in [-0.25, -0.2) is 4.79 Å². The van der Waals surface area contributed by atoms with E-state index < -0.39 is 18.1 Å². The number of carbonyl (C=O) groups is 2. The third kappa shape index (κ3) is 2.53. The first kappa shape index (κ1) is 14.5. The predicted molar refractivity (Wildman–Crippen MR) is 70.0 cm³/mol. The molecule has 1 saturated heterocycles. The molecule has 20 heavy (non-hydrogen) atoms. The zero-order chi connectivity index (χ0) is 14.9. The van der Waals surface area contributed by atoms with Crippen molar-refractivity contribution in [2.24, 2.45) is 0 Å². The normalized spacial score (nSPS) is 23.4. The van der Waals surface area contributed by atoms with Crippen molar-refractivity contribution in [3.05, 3.63) is 18.0 Å². The number of carboxylic acid groups (broad SMARTS) is 1. The fraction of sp³-hybridized carbons (Fsp3) is 0.615. The molecule has 1 aliphatic heterocycles. The number of amides is 1. The second-order valence-corrected chi connectivity index (χ2v) is 5.04. The third-order valence-corrected chi connectivity index (χ3v) is 3.38. The first-order chi connectivity index (χ1) is 9.45. The van der Waals surface area contributed by atoms with Crippen molar-refractivity contribution < 1.29 is 19.4 Å². The van der Waals surface area contributed by atoms with Gasteiger partial charge >= 0.3 is 5.97 Å². The Morgan fingerprint density at radius 1 is 1.60 bits per heavy atom. The van der Waals surface area contributed by atoms with Gasteiger partial charge in [0, 0.05) is 24.3 Å². The number of nitrogens with zero attached hydrogens (tertiary/aromatic N) is 3. The van der Waals surface area contributed by atoms with Crippen LogP contribution in [0.4, 0.5) is 0 Å². The van der Waals surface area contributed by atoms with Gasteiger partial charge in [0.15, 0.2) is 6.10 Å². The Labute approximate surface area is 117 Å². The summed E-state index contributed by atoms with van der Waals surface area (Å²) in [6.07, 6.45) is 2.30. The van der Waals surface area contributed by atoms with Gasteiger partial charge in [-0.1, -0.05) is 0 Å². The smallest absolute Gasteiger partial charge is 0.335 e. The van der Waals surface area contributed by atoms with Crippen molar-refractivity contribution >= 4 is 11.9 Å². The summed E-state index contributed by atoms with van der Waals surface area (Å²) in [5.74, 6) is -1.27. The quantitative estimate of drug-likeness (QED) is 0.876. The molecular weight excluding hydrogens is 262 g/mol. The zero-order valence-corrected chi connectivity index (χ0v) is 11.8. The lowest BCUT2D eigenvalue weighted by atomic mass is 9.99. The Morgan fingerprint density at radius 3 is 2.80 bits per heavy atom. The van der Waals surface area contributed by atoms with E-state index in [4.69, 9.17) is 4.74 Å². The van der Waals surface area contributed by atoms with Crippen molar-refractivity contribution in [1.29, 1.82) is 0 Å². The number of hydrogen-bond donors (Lipinski definition) is 1. The fourth-order valence-corrected chi connectivity index (χ4v) is 2.48. The number of carboxylic acids is 1. The molecule has 7 heteroatoms. The molecule has 7 nitrogen and oxygen atoms in total. The monoisotopic (exact) mass is 281 g/mol. The molecule has 1 aromatic heterocycles. The van der Waals surface area contributed by atoms with Gasteiger partial charge in [-0.2, -0.15) is 5.10 Å². The number of hydrogen-bond acceptors (Lipinski definition) is 4. The van der Waals surface area contributed by atoms with Gasteiger partial charge in [0.1, 0.15) is 6.61 Å². The lowest BCUT2D eigenvalue weighted by molar-refractivity contribution is -0.175. The summed E-state index contributed by atoms with van der Waals surface area (Å²) in [6.45, 7) is 6.14. The van der Waals surface area contributed by atoms with Gasteiger partial charge in [0.25, 0.3) is 0 Å². The van der Waals surface area contributed by atoms with E-state index in [0.717, 1.165) is 0 Å². The van der Waals surface area contributed by atoms with Gasteiger partial charge in [-0.3, -0.25) is 9.48 Å². The highest BCUT2D eigenvalue weighted by Gasteiger charge is 2.43. The van der Waals surface area contributed by atoms with E-state index in [2.05, 4.69) is 5.10 Å². The summed E-state index contributed by atoms with van der Waals surface area (Å²) in [7, 11) is 0. The van der Waals surface area contributed by atoms with Crippen LogP contribution in [0.1, 0.15) is 32.4 Å². The van der Waals surface area contributed by atoms with Crippen molar-refractivity contribution in [1.82, 2.24) is 14.7 Å². The van der Waals surface area contributed by atoms with Gasteiger partial charge in [-0.05, 0) is 20.8 Å². The molecule has 2 heterocycles. The number of aliphatic carboxylic acids is 1. The molecule has 1 N–H and O–H groups in total.